The van der Waals surface area contributed by atoms with Crippen molar-refractivity contribution in [2.45, 2.75) is 39.0 Å². The zero-order chi connectivity index (χ0) is 17.1. The summed E-state index contributed by atoms with van der Waals surface area (Å²) in [7, 11) is 0. The van der Waals surface area contributed by atoms with Gasteiger partial charge in [0.2, 0.25) is 0 Å². The van der Waals surface area contributed by atoms with Gasteiger partial charge in [-0.2, -0.15) is 0 Å². The summed E-state index contributed by atoms with van der Waals surface area (Å²) in [6, 6.07) is 13.3. The number of aliphatic hydroxyl groups excluding tert-OH is 1. The predicted octanol–water partition coefficient (Wildman–Crippen LogP) is 4.21. The molecule has 2 atom stereocenters. The Bertz CT molecular complexity index is 800. The number of hydrogen-bond acceptors (Lipinski definition) is 4. The number of nitrogens with one attached hydrogen (secondary N) is 1. The minimum Gasteiger partial charge on any atom is -0.392 e. The van der Waals surface area contributed by atoms with Gasteiger partial charge in [-0.15, -0.1) is 11.3 Å². The lowest BCUT2D eigenvalue weighted by atomic mass is 10.0. The van der Waals surface area contributed by atoms with E-state index in [-0.39, 0.29) is 24.4 Å². The molecule has 0 aliphatic heterocycles. The first-order chi connectivity index (χ1) is 11.6. The van der Waals surface area contributed by atoms with Crippen molar-refractivity contribution >= 4 is 21.6 Å². The fourth-order valence-corrected chi connectivity index (χ4v) is 3.74. The van der Waals surface area contributed by atoms with Crippen LogP contribution in [0, 0.1) is 5.82 Å². The molecule has 2 N–H and O–H groups in total. The lowest BCUT2D eigenvalue weighted by molar-refractivity contribution is 0.275. The quantitative estimate of drug-likeness (QED) is 0.704. The third-order valence-electron chi connectivity index (χ3n) is 4.36. The molecule has 0 spiro atoms. The smallest absolute Gasteiger partial charge is 0.128 e. The third-order valence-corrected chi connectivity index (χ3v) is 5.60. The Hall–Kier alpha value is -1.82. The SMILES string of the molecule is CC(NCc1ccc(F)c(CO)c1)C(C)c1nc2ccccc2s1. The van der Waals surface area contributed by atoms with Crippen molar-refractivity contribution in [3.8, 4) is 0 Å². The summed E-state index contributed by atoms with van der Waals surface area (Å²) in [6.45, 7) is 4.65. The van der Waals surface area contributed by atoms with Crippen molar-refractivity contribution in [1.82, 2.24) is 10.3 Å². The maximum absolute atomic E-state index is 13.4. The molecule has 2 aromatic carbocycles. The van der Waals surface area contributed by atoms with E-state index in [4.69, 9.17) is 10.1 Å². The van der Waals surface area contributed by atoms with Gasteiger partial charge in [0.1, 0.15) is 5.82 Å². The molecule has 3 nitrogen and oxygen atoms in total. The van der Waals surface area contributed by atoms with E-state index >= 15 is 0 Å². The Morgan fingerprint density at radius 3 is 2.75 bits per heavy atom. The van der Waals surface area contributed by atoms with Crippen molar-refractivity contribution in [2.24, 2.45) is 0 Å². The van der Waals surface area contributed by atoms with Crippen LogP contribution < -0.4 is 5.32 Å². The average molecular weight is 344 g/mol. The van der Waals surface area contributed by atoms with E-state index in [1.807, 2.05) is 18.2 Å². The number of aliphatic hydroxyl groups is 1. The molecule has 0 radical (unpaired) electrons. The number of nitrogens with zero attached hydrogens (tertiary/aromatic N) is 1. The van der Waals surface area contributed by atoms with Crippen molar-refractivity contribution in [3.63, 3.8) is 0 Å². The molecule has 0 saturated carbocycles. The van der Waals surface area contributed by atoms with Crippen molar-refractivity contribution in [3.05, 3.63) is 64.4 Å². The minimum absolute atomic E-state index is 0.230. The molecule has 0 saturated heterocycles. The number of para-hydroxylation sites is 1. The van der Waals surface area contributed by atoms with Crippen LogP contribution >= 0.6 is 11.3 Å². The summed E-state index contributed by atoms with van der Waals surface area (Å²) in [4.78, 5) is 4.72. The fraction of sp³-hybridized carbons (Fsp3) is 0.316. The lowest BCUT2D eigenvalue weighted by Crippen LogP contribution is -2.30. The van der Waals surface area contributed by atoms with Crippen LogP contribution in [0.5, 0.6) is 0 Å². The molecule has 1 aromatic heterocycles. The Morgan fingerprint density at radius 2 is 2.00 bits per heavy atom. The number of thiazole rings is 1. The maximum atomic E-state index is 13.4. The van der Waals surface area contributed by atoms with E-state index in [1.165, 1.54) is 10.8 Å². The standard InChI is InChI=1S/C19H21FN2OS/c1-12(19-22-17-5-3-4-6-18(17)24-19)13(2)21-10-14-7-8-16(20)15(9-14)11-23/h3-9,12-13,21,23H,10-11H2,1-2H3. The number of hydrogen-bond donors (Lipinski definition) is 2. The zero-order valence-electron chi connectivity index (χ0n) is 13.8. The van der Waals surface area contributed by atoms with Crippen LogP contribution in [0.1, 0.15) is 35.9 Å². The summed E-state index contributed by atoms with van der Waals surface area (Å²) < 4.78 is 14.6. The molecule has 0 aliphatic carbocycles. The van der Waals surface area contributed by atoms with Crippen LogP contribution in [0.3, 0.4) is 0 Å². The largest absolute Gasteiger partial charge is 0.392 e. The Kier molecular flexibility index (Phi) is 5.23. The first kappa shape index (κ1) is 17.0. The molecule has 0 amide bonds. The molecule has 0 bridgehead atoms. The van der Waals surface area contributed by atoms with Gasteiger partial charge in [-0.3, -0.25) is 0 Å². The van der Waals surface area contributed by atoms with Gasteiger partial charge in [0.05, 0.1) is 21.8 Å². The van der Waals surface area contributed by atoms with E-state index in [1.54, 1.807) is 23.5 Å². The van der Waals surface area contributed by atoms with Crippen molar-refractivity contribution in [1.29, 1.82) is 0 Å². The highest BCUT2D eigenvalue weighted by atomic mass is 32.1. The minimum atomic E-state index is -0.364. The predicted molar refractivity (Wildman–Crippen MR) is 96.7 cm³/mol. The van der Waals surface area contributed by atoms with Gasteiger partial charge in [0.25, 0.3) is 0 Å². The molecule has 3 aromatic rings. The Morgan fingerprint density at radius 1 is 1.21 bits per heavy atom. The van der Waals surface area contributed by atoms with E-state index < -0.39 is 0 Å². The third kappa shape index (κ3) is 3.64. The van der Waals surface area contributed by atoms with Crippen LogP contribution in [-0.4, -0.2) is 16.1 Å². The van der Waals surface area contributed by atoms with Crippen molar-refractivity contribution < 1.29 is 9.50 Å². The normalized spacial score (nSPS) is 14.0. The first-order valence-electron chi connectivity index (χ1n) is 8.05. The summed E-state index contributed by atoms with van der Waals surface area (Å²) in [5, 5.41) is 13.8. The highest BCUT2D eigenvalue weighted by Crippen LogP contribution is 2.29. The molecule has 0 fully saturated rings. The highest BCUT2D eigenvalue weighted by molar-refractivity contribution is 7.18. The van der Waals surface area contributed by atoms with E-state index in [2.05, 4.69) is 25.2 Å². The monoisotopic (exact) mass is 344 g/mol. The molecule has 5 heteroatoms. The second-order valence-electron chi connectivity index (χ2n) is 6.06. The van der Waals surface area contributed by atoms with Gasteiger partial charge in [-0.25, -0.2) is 9.37 Å². The van der Waals surface area contributed by atoms with Gasteiger partial charge < -0.3 is 10.4 Å². The molecular formula is C19H21FN2OS. The second kappa shape index (κ2) is 7.38. The van der Waals surface area contributed by atoms with Crippen LogP contribution in [0.4, 0.5) is 4.39 Å². The van der Waals surface area contributed by atoms with Crippen LogP contribution in [-0.2, 0) is 13.2 Å². The van der Waals surface area contributed by atoms with Crippen LogP contribution in [0.25, 0.3) is 10.2 Å². The van der Waals surface area contributed by atoms with E-state index in [9.17, 15) is 4.39 Å². The number of fused-ring (bicyclic) bond motifs is 1. The topological polar surface area (TPSA) is 45.1 Å². The van der Waals surface area contributed by atoms with Crippen LogP contribution in [0.15, 0.2) is 42.5 Å². The van der Waals surface area contributed by atoms with Crippen LogP contribution in [0.2, 0.25) is 0 Å². The molecule has 126 valence electrons. The number of rotatable bonds is 6. The zero-order valence-corrected chi connectivity index (χ0v) is 14.6. The molecular weight excluding hydrogens is 323 g/mol. The average Bonchev–Trinajstić information content (AvgIpc) is 3.04. The molecule has 2 unspecified atom stereocenters. The Balaban J connectivity index is 1.66. The molecule has 1 heterocycles. The molecule has 0 aliphatic rings. The fourth-order valence-electron chi connectivity index (χ4n) is 2.61. The lowest BCUT2D eigenvalue weighted by Gasteiger charge is -2.19. The number of benzene rings is 2. The van der Waals surface area contributed by atoms with E-state index in [0.29, 0.717) is 12.1 Å². The highest BCUT2D eigenvalue weighted by Gasteiger charge is 2.18. The van der Waals surface area contributed by atoms with Crippen molar-refractivity contribution in [2.75, 3.05) is 0 Å². The summed E-state index contributed by atoms with van der Waals surface area (Å²) in [5.41, 5.74) is 2.34. The molecule has 24 heavy (non-hydrogen) atoms. The maximum Gasteiger partial charge on any atom is 0.128 e. The van der Waals surface area contributed by atoms with Gasteiger partial charge in [-0.1, -0.05) is 25.1 Å². The van der Waals surface area contributed by atoms with Gasteiger partial charge in [0.15, 0.2) is 0 Å². The summed E-state index contributed by atoms with van der Waals surface area (Å²) >= 11 is 1.73. The number of halogens is 1. The van der Waals surface area contributed by atoms with Gasteiger partial charge in [0, 0.05) is 24.1 Å². The van der Waals surface area contributed by atoms with E-state index in [0.717, 1.165) is 16.1 Å². The second-order valence-corrected chi connectivity index (χ2v) is 7.12. The molecule has 3 rings (SSSR count). The summed E-state index contributed by atoms with van der Waals surface area (Å²) in [5.74, 6) is -0.0858. The summed E-state index contributed by atoms with van der Waals surface area (Å²) in [6.07, 6.45) is 0. The first-order valence-corrected chi connectivity index (χ1v) is 8.87. The van der Waals surface area contributed by atoms with Gasteiger partial charge in [-0.05, 0) is 36.8 Å². The Labute approximate surface area is 145 Å². The number of aromatic nitrogens is 1. The van der Waals surface area contributed by atoms with Gasteiger partial charge >= 0.3 is 0 Å².